The fourth-order valence-electron chi connectivity index (χ4n) is 1.64. The van der Waals surface area contributed by atoms with E-state index < -0.39 is 0 Å². The first-order valence-electron chi connectivity index (χ1n) is 4.36. The van der Waals surface area contributed by atoms with Crippen LogP contribution in [0.15, 0.2) is 4.60 Å². The molecule has 2 heterocycles. The van der Waals surface area contributed by atoms with Crippen LogP contribution in [-0.2, 0) is 4.74 Å². The Morgan fingerprint density at radius 3 is 2.69 bits per heavy atom. The third kappa shape index (κ3) is 1.86. The zero-order valence-corrected chi connectivity index (χ0v) is 8.80. The van der Waals surface area contributed by atoms with E-state index >= 15 is 0 Å². The van der Waals surface area contributed by atoms with Gasteiger partial charge in [0.1, 0.15) is 4.60 Å². The van der Waals surface area contributed by atoms with Crippen molar-refractivity contribution in [3.8, 4) is 0 Å². The number of hydrogen-bond donors (Lipinski definition) is 2. The van der Waals surface area contributed by atoms with Gasteiger partial charge in [0, 0.05) is 19.1 Å². The predicted molar refractivity (Wildman–Crippen MR) is 53.5 cm³/mol. The summed E-state index contributed by atoms with van der Waals surface area (Å²) < 4.78 is 6.13. The monoisotopic (exact) mass is 245 g/mol. The van der Waals surface area contributed by atoms with Crippen molar-refractivity contribution in [3.63, 3.8) is 0 Å². The first kappa shape index (κ1) is 9.02. The molecule has 3 N–H and O–H groups in total. The summed E-state index contributed by atoms with van der Waals surface area (Å²) in [5.74, 6) is 0.987. The molecule has 2 rings (SSSR count). The Morgan fingerprint density at radius 2 is 2.15 bits per heavy atom. The Kier molecular flexibility index (Phi) is 2.55. The van der Waals surface area contributed by atoms with Crippen LogP contribution in [0.4, 0.5) is 5.95 Å². The van der Waals surface area contributed by atoms with Crippen LogP contribution in [0.3, 0.4) is 0 Å². The fourth-order valence-corrected chi connectivity index (χ4v) is 2.25. The highest BCUT2D eigenvalue weighted by atomic mass is 79.9. The van der Waals surface area contributed by atoms with Crippen LogP contribution >= 0.6 is 15.9 Å². The smallest absolute Gasteiger partial charge is 0.198 e. The van der Waals surface area contributed by atoms with E-state index in [1.165, 1.54) is 0 Å². The zero-order chi connectivity index (χ0) is 9.26. The van der Waals surface area contributed by atoms with E-state index in [1.807, 2.05) is 0 Å². The molecule has 1 aliphatic heterocycles. The number of rotatable bonds is 1. The van der Waals surface area contributed by atoms with Crippen LogP contribution in [0.2, 0.25) is 0 Å². The zero-order valence-electron chi connectivity index (χ0n) is 7.22. The van der Waals surface area contributed by atoms with Crippen LogP contribution < -0.4 is 5.73 Å². The molecule has 0 spiro atoms. The molecule has 0 aliphatic carbocycles. The van der Waals surface area contributed by atoms with Crippen molar-refractivity contribution in [1.29, 1.82) is 0 Å². The molecule has 0 unspecified atom stereocenters. The number of nitrogens with one attached hydrogen (secondary N) is 1. The summed E-state index contributed by atoms with van der Waals surface area (Å²) in [6.45, 7) is 1.66. The van der Waals surface area contributed by atoms with Gasteiger partial charge in [0.05, 0.1) is 5.69 Å². The molecular formula is C8H12BrN3O. The minimum atomic E-state index is 0.480. The Labute approximate surface area is 85.0 Å². The summed E-state index contributed by atoms with van der Waals surface area (Å²) in [7, 11) is 0. The largest absolute Gasteiger partial charge is 0.381 e. The van der Waals surface area contributed by atoms with Gasteiger partial charge in [0.25, 0.3) is 0 Å². The van der Waals surface area contributed by atoms with E-state index in [0.717, 1.165) is 36.4 Å². The summed E-state index contributed by atoms with van der Waals surface area (Å²) in [5.41, 5.74) is 6.67. The second-order valence-electron chi connectivity index (χ2n) is 3.21. The number of aromatic nitrogens is 2. The first-order valence-corrected chi connectivity index (χ1v) is 5.15. The molecule has 1 saturated heterocycles. The van der Waals surface area contributed by atoms with Gasteiger partial charge in [-0.3, -0.25) is 0 Å². The van der Waals surface area contributed by atoms with Crippen LogP contribution in [0, 0.1) is 0 Å². The normalized spacial score (nSPS) is 19.2. The Hall–Kier alpha value is -0.550. The maximum absolute atomic E-state index is 5.56. The third-order valence-corrected chi connectivity index (χ3v) is 2.94. The number of imidazole rings is 1. The summed E-state index contributed by atoms with van der Waals surface area (Å²) in [4.78, 5) is 7.16. The molecule has 72 valence electrons. The van der Waals surface area contributed by atoms with Gasteiger partial charge in [0.15, 0.2) is 5.95 Å². The van der Waals surface area contributed by atoms with Crippen molar-refractivity contribution in [3.05, 3.63) is 10.3 Å². The Morgan fingerprint density at radius 1 is 1.46 bits per heavy atom. The van der Waals surface area contributed by atoms with E-state index in [2.05, 4.69) is 25.9 Å². The minimum Gasteiger partial charge on any atom is -0.381 e. The lowest BCUT2D eigenvalue weighted by molar-refractivity contribution is 0.0844. The number of aromatic amines is 1. The second-order valence-corrected chi connectivity index (χ2v) is 3.96. The summed E-state index contributed by atoms with van der Waals surface area (Å²) in [5, 5.41) is 0. The van der Waals surface area contributed by atoms with Crippen molar-refractivity contribution in [1.82, 2.24) is 9.97 Å². The second kappa shape index (κ2) is 3.67. The lowest BCUT2D eigenvalue weighted by atomic mass is 9.97. The lowest BCUT2D eigenvalue weighted by Crippen LogP contribution is -2.14. The van der Waals surface area contributed by atoms with Crippen molar-refractivity contribution >= 4 is 21.9 Å². The van der Waals surface area contributed by atoms with Gasteiger partial charge in [0.2, 0.25) is 0 Å². The Balaban J connectivity index is 2.18. The van der Waals surface area contributed by atoms with Gasteiger partial charge >= 0.3 is 0 Å². The molecule has 1 aliphatic rings. The highest BCUT2D eigenvalue weighted by Gasteiger charge is 2.20. The number of ether oxygens (including phenoxy) is 1. The van der Waals surface area contributed by atoms with Crippen LogP contribution in [0.25, 0.3) is 0 Å². The number of nitrogen functional groups attached to an aromatic ring is 1. The Bertz CT molecular complexity index is 294. The van der Waals surface area contributed by atoms with Gasteiger partial charge in [-0.1, -0.05) is 0 Å². The molecule has 0 aromatic carbocycles. The average Bonchev–Trinajstić information content (AvgIpc) is 2.47. The maximum atomic E-state index is 5.56. The highest BCUT2D eigenvalue weighted by Crippen LogP contribution is 2.30. The van der Waals surface area contributed by atoms with Crippen LogP contribution in [0.1, 0.15) is 24.5 Å². The van der Waals surface area contributed by atoms with Crippen LogP contribution in [-0.4, -0.2) is 23.2 Å². The maximum Gasteiger partial charge on any atom is 0.198 e. The SMILES string of the molecule is Nc1nc(Br)c(C2CCOCC2)[nH]1. The summed E-state index contributed by atoms with van der Waals surface area (Å²) >= 11 is 3.39. The average molecular weight is 246 g/mol. The standard InChI is InChI=1S/C8H12BrN3O/c9-7-6(11-8(10)12-7)5-1-3-13-4-2-5/h5H,1-4H2,(H3,10,11,12). The van der Waals surface area contributed by atoms with Gasteiger partial charge in [-0.25, -0.2) is 4.98 Å². The number of H-pyrrole nitrogens is 1. The lowest BCUT2D eigenvalue weighted by Gasteiger charge is -2.20. The number of nitrogens with zero attached hydrogens (tertiary/aromatic N) is 1. The number of anilines is 1. The number of hydrogen-bond acceptors (Lipinski definition) is 3. The van der Waals surface area contributed by atoms with E-state index in [4.69, 9.17) is 10.5 Å². The van der Waals surface area contributed by atoms with E-state index in [-0.39, 0.29) is 0 Å². The van der Waals surface area contributed by atoms with Gasteiger partial charge in [-0.15, -0.1) is 0 Å². The molecule has 4 nitrogen and oxygen atoms in total. The molecule has 0 atom stereocenters. The van der Waals surface area contributed by atoms with Crippen molar-refractivity contribution < 1.29 is 4.74 Å². The van der Waals surface area contributed by atoms with E-state index in [1.54, 1.807) is 0 Å². The molecule has 0 amide bonds. The van der Waals surface area contributed by atoms with E-state index in [0.29, 0.717) is 11.9 Å². The van der Waals surface area contributed by atoms with Crippen molar-refractivity contribution in [2.24, 2.45) is 0 Å². The van der Waals surface area contributed by atoms with E-state index in [9.17, 15) is 0 Å². The predicted octanol–water partition coefficient (Wildman–Crippen LogP) is 1.65. The molecule has 0 bridgehead atoms. The fraction of sp³-hybridized carbons (Fsp3) is 0.625. The topological polar surface area (TPSA) is 63.9 Å². The summed E-state index contributed by atoms with van der Waals surface area (Å²) in [6, 6.07) is 0. The molecular weight excluding hydrogens is 234 g/mol. The molecule has 1 fully saturated rings. The van der Waals surface area contributed by atoms with Gasteiger partial charge < -0.3 is 15.5 Å². The molecule has 5 heteroatoms. The van der Waals surface area contributed by atoms with Crippen molar-refractivity contribution in [2.45, 2.75) is 18.8 Å². The third-order valence-electron chi connectivity index (χ3n) is 2.33. The van der Waals surface area contributed by atoms with Gasteiger partial charge in [-0.2, -0.15) is 0 Å². The molecule has 0 saturated carbocycles. The number of halogens is 1. The summed E-state index contributed by atoms with van der Waals surface area (Å²) in [6.07, 6.45) is 2.08. The highest BCUT2D eigenvalue weighted by molar-refractivity contribution is 9.10. The quantitative estimate of drug-likeness (QED) is 0.791. The molecule has 13 heavy (non-hydrogen) atoms. The molecule has 1 aromatic rings. The number of nitrogens with two attached hydrogens (primary N) is 1. The first-order chi connectivity index (χ1) is 6.27. The van der Waals surface area contributed by atoms with Crippen molar-refractivity contribution in [2.75, 3.05) is 18.9 Å². The molecule has 0 radical (unpaired) electrons. The van der Waals surface area contributed by atoms with Gasteiger partial charge in [-0.05, 0) is 28.8 Å². The molecule has 1 aromatic heterocycles. The minimum absolute atomic E-state index is 0.480. The van der Waals surface area contributed by atoms with Crippen LogP contribution in [0.5, 0.6) is 0 Å².